The fourth-order valence-electron chi connectivity index (χ4n) is 0.880. The van der Waals surface area contributed by atoms with E-state index in [2.05, 4.69) is 15.9 Å². The van der Waals surface area contributed by atoms with Crippen LogP contribution in [-0.4, -0.2) is 51.7 Å². The molecule has 0 aliphatic rings. The van der Waals surface area contributed by atoms with Gasteiger partial charge >= 0.3 is 41.5 Å². The molecule has 4 nitrogen and oxygen atoms in total. The minimum absolute atomic E-state index is 0. The van der Waals surface area contributed by atoms with E-state index in [1.165, 1.54) is 18.2 Å². The Hall–Kier alpha value is -0.360. The van der Waals surface area contributed by atoms with Crippen molar-refractivity contribution in [3.63, 3.8) is 0 Å². The third-order valence-corrected chi connectivity index (χ3v) is 1.94. The average molecular weight is 269 g/mol. The van der Waals surface area contributed by atoms with E-state index < -0.39 is 11.9 Å². The Bertz CT molecular complexity index is 378. The number of benzene rings is 1. The first-order valence-corrected chi connectivity index (χ1v) is 4.08. The molecule has 0 fully saturated rings. The average Bonchev–Trinajstić information content (AvgIpc) is 2.03. The monoisotopic (exact) mass is 268 g/mol. The number of carboxylic acid groups (broad SMARTS) is 2. The van der Waals surface area contributed by atoms with Gasteiger partial charge in [-0.1, -0.05) is 15.9 Å². The van der Waals surface area contributed by atoms with Crippen LogP contribution in [0, 0.1) is 0 Å². The molecule has 1 aromatic rings. The van der Waals surface area contributed by atoms with Crippen LogP contribution < -0.4 is 0 Å². The molecule has 0 radical (unpaired) electrons. The van der Waals surface area contributed by atoms with Gasteiger partial charge in [-0.25, -0.2) is 9.59 Å². The van der Waals surface area contributed by atoms with Crippen LogP contribution in [0.5, 0.6) is 0 Å². The number of hydrogen-bond acceptors (Lipinski definition) is 2. The van der Waals surface area contributed by atoms with Gasteiger partial charge in [-0.05, 0) is 18.2 Å². The van der Waals surface area contributed by atoms with E-state index in [-0.39, 0.29) is 40.7 Å². The van der Waals surface area contributed by atoms with Gasteiger partial charge in [0.15, 0.2) is 0 Å². The number of carbonyl (C=O) groups is 2. The first kappa shape index (κ1) is 13.6. The van der Waals surface area contributed by atoms with Gasteiger partial charge in [-0.2, -0.15) is 0 Å². The molecule has 0 heterocycles. The topological polar surface area (TPSA) is 74.6 Å². The third kappa shape index (κ3) is 3.09. The Morgan fingerprint density at radius 2 is 1.57 bits per heavy atom. The molecule has 70 valence electrons. The molecule has 0 atom stereocenters. The number of aromatic carboxylic acids is 2. The molecule has 1 rings (SSSR count). The summed E-state index contributed by atoms with van der Waals surface area (Å²) < 4.78 is 0.537. The van der Waals surface area contributed by atoms with Crippen molar-refractivity contribution < 1.29 is 19.8 Å². The van der Waals surface area contributed by atoms with Crippen LogP contribution in [0.15, 0.2) is 22.7 Å². The molecule has 0 saturated heterocycles. The molecule has 0 unspecified atom stereocenters. The normalized spacial score (nSPS) is 8.93. The summed E-state index contributed by atoms with van der Waals surface area (Å²) in [6.45, 7) is 0. The van der Waals surface area contributed by atoms with Gasteiger partial charge in [0.2, 0.25) is 0 Å². The molecule has 0 aliphatic carbocycles. The van der Waals surface area contributed by atoms with Gasteiger partial charge in [-0.15, -0.1) is 0 Å². The van der Waals surface area contributed by atoms with E-state index >= 15 is 0 Å². The predicted molar refractivity (Wildman–Crippen MR) is 55.2 cm³/mol. The molecular formula is C8H6BrNaO4. The molecular weight excluding hydrogens is 263 g/mol. The standard InChI is InChI=1S/C8H5BrO4.Na.H/c9-4-1-2-5(7(10)11)6(3-4)8(12)13;;/h1-3H,(H,10,11)(H,12,13);;. The molecule has 0 amide bonds. The summed E-state index contributed by atoms with van der Waals surface area (Å²) in [6, 6.07) is 3.98. The molecule has 0 aliphatic heterocycles. The maximum absolute atomic E-state index is 10.6. The Morgan fingerprint density at radius 3 is 2.00 bits per heavy atom. The summed E-state index contributed by atoms with van der Waals surface area (Å²) in [5, 5.41) is 17.3. The Balaban J connectivity index is 0.00000169. The van der Waals surface area contributed by atoms with E-state index in [0.717, 1.165) is 0 Å². The van der Waals surface area contributed by atoms with Crippen LogP contribution in [0.25, 0.3) is 0 Å². The van der Waals surface area contributed by atoms with Crippen molar-refractivity contribution in [2.75, 3.05) is 0 Å². The van der Waals surface area contributed by atoms with Crippen molar-refractivity contribution in [2.45, 2.75) is 0 Å². The first-order chi connectivity index (χ1) is 6.02. The molecule has 0 bridgehead atoms. The molecule has 0 saturated carbocycles. The molecule has 2 N–H and O–H groups in total. The SMILES string of the molecule is O=C(O)c1ccc(Br)cc1C(=O)O.[NaH]. The van der Waals surface area contributed by atoms with Crippen molar-refractivity contribution in [3.05, 3.63) is 33.8 Å². The Morgan fingerprint density at radius 1 is 1.07 bits per heavy atom. The van der Waals surface area contributed by atoms with Crippen molar-refractivity contribution >= 4 is 57.4 Å². The van der Waals surface area contributed by atoms with Gasteiger partial charge in [0.05, 0.1) is 11.1 Å². The summed E-state index contributed by atoms with van der Waals surface area (Å²) in [7, 11) is 0. The molecule has 0 aromatic heterocycles. The van der Waals surface area contributed by atoms with Crippen LogP contribution in [0.2, 0.25) is 0 Å². The van der Waals surface area contributed by atoms with E-state index in [9.17, 15) is 9.59 Å². The number of rotatable bonds is 2. The van der Waals surface area contributed by atoms with Crippen LogP contribution in [0.1, 0.15) is 20.7 Å². The summed E-state index contributed by atoms with van der Waals surface area (Å²) in [5.41, 5.74) is -0.433. The first-order valence-electron chi connectivity index (χ1n) is 3.28. The summed E-state index contributed by atoms with van der Waals surface area (Å²) in [6.07, 6.45) is 0. The minimum atomic E-state index is -1.25. The van der Waals surface area contributed by atoms with E-state index in [0.29, 0.717) is 4.47 Å². The fourth-order valence-corrected chi connectivity index (χ4v) is 1.24. The molecule has 0 spiro atoms. The van der Waals surface area contributed by atoms with Gasteiger partial charge < -0.3 is 10.2 Å². The predicted octanol–water partition coefficient (Wildman–Crippen LogP) is 1.20. The van der Waals surface area contributed by atoms with Crippen LogP contribution >= 0.6 is 15.9 Å². The van der Waals surface area contributed by atoms with E-state index in [4.69, 9.17) is 10.2 Å². The number of carboxylic acids is 2. The van der Waals surface area contributed by atoms with Crippen molar-refractivity contribution in [1.82, 2.24) is 0 Å². The second-order valence-electron chi connectivity index (χ2n) is 2.30. The molecule has 1 aromatic carbocycles. The van der Waals surface area contributed by atoms with E-state index in [1.807, 2.05) is 0 Å². The molecule has 14 heavy (non-hydrogen) atoms. The fraction of sp³-hybridized carbons (Fsp3) is 0. The quantitative estimate of drug-likeness (QED) is 0.791. The van der Waals surface area contributed by atoms with E-state index in [1.54, 1.807) is 0 Å². The zero-order valence-corrected chi connectivity index (χ0v) is 7.91. The van der Waals surface area contributed by atoms with Crippen molar-refractivity contribution in [3.8, 4) is 0 Å². The third-order valence-electron chi connectivity index (χ3n) is 1.44. The summed E-state index contributed by atoms with van der Waals surface area (Å²) in [4.78, 5) is 21.2. The second kappa shape index (κ2) is 5.50. The Labute approximate surface area is 110 Å². The van der Waals surface area contributed by atoms with Gasteiger partial charge in [0.25, 0.3) is 0 Å². The maximum atomic E-state index is 10.6. The summed E-state index contributed by atoms with van der Waals surface area (Å²) >= 11 is 3.06. The zero-order valence-electron chi connectivity index (χ0n) is 6.32. The van der Waals surface area contributed by atoms with Crippen LogP contribution in [0.4, 0.5) is 0 Å². The van der Waals surface area contributed by atoms with Crippen molar-refractivity contribution in [1.29, 1.82) is 0 Å². The van der Waals surface area contributed by atoms with Gasteiger partial charge in [0.1, 0.15) is 0 Å². The second-order valence-corrected chi connectivity index (χ2v) is 3.22. The van der Waals surface area contributed by atoms with Gasteiger partial charge in [0, 0.05) is 4.47 Å². The zero-order chi connectivity index (χ0) is 10.0. The Kier molecular flexibility index (Phi) is 5.36. The number of hydrogen-bond donors (Lipinski definition) is 2. The summed E-state index contributed by atoms with van der Waals surface area (Å²) in [5.74, 6) is -2.50. The van der Waals surface area contributed by atoms with Gasteiger partial charge in [-0.3, -0.25) is 0 Å². The van der Waals surface area contributed by atoms with Crippen LogP contribution in [0.3, 0.4) is 0 Å². The van der Waals surface area contributed by atoms with Crippen molar-refractivity contribution in [2.24, 2.45) is 0 Å². The number of halogens is 1. The molecule has 6 heteroatoms. The van der Waals surface area contributed by atoms with Crippen LogP contribution in [-0.2, 0) is 0 Å².